The maximum atomic E-state index is 12.9. The number of rotatable bonds is 3. The minimum atomic E-state index is -6.49. The number of halogens is 7. The first kappa shape index (κ1) is 15.8. The van der Waals surface area contributed by atoms with Crippen LogP contribution in [0.1, 0.15) is 0 Å². The third-order valence-corrected chi connectivity index (χ3v) is 2.90. The van der Waals surface area contributed by atoms with Gasteiger partial charge < -0.3 is 0 Å². The lowest BCUT2D eigenvalue weighted by Gasteiger charge is -2.31. The highest BCUT2D eigenvalue weighted by atomic mass is 32.2. The molecule has 0 spiro atoms. The fraction of sp³-hybridized carbons (Fsp3) is 0.667. The van der Waals surface area contributed by atoms with Crippen LogP contribution >= 0.6 is 11.8 Å². The first-order valence-electron chi connectivity index (χ1n) is 4.25. The minimum absolute atomic E-state index is 1.16. The summed E-state index contributed by atoms with van der Waals surface area (Å²) in [6, 6.07) is -1.16. The van der Waals surface area contributed by atoms with Gasteiger partial charge in [-0.3, -0.25) is 15.5 Å². The monoisotopic (exact) mass is 315 g/mol. The summed E-state index contributed by atoms with van der Waals surface area (Å²) in [7, 11) is 0. The molecule has 13 heteroatoms. The van der Waals surface area contributed by atoms with E-state index >= 15 is 0 Å². The van der Waals surface area contributed by atoms with Gasteiger partial charge in [0.15, 0.2) is 5.37 Å². The number of urea groups is 1. The molecule has 1 aliphatic heterocycles. The zero-order valence-corrected chi connectivity index (χ0v) is 9.26. The summed E-state index contributed by atoms with van der Waals surface area (Å²) in [6.07, 6.45) is -6.49. The van der Waals surface area contributed by atoms with Crippen molar-refractivity contribution in [2.45, 2.75) is 22.7 Å². The zero-order valence-electron chi connectivity index (χ0n) is 8.45. The fourth-order valence-electron chi connectivity index (χ4n) is 0.875. The second-order valence-electron chi connectivity index (χ2n) is 3.17. The average Bonchev–Trinajstić information content (AvgIpc) is 2.20. The van der Waals surface area contributed by atoms with Gasteiger partial charge in [-0.25, -0.2) is 10.2 Å². The normalized spacial score (nSPS) is 21.9. The van der Waals surface area contributed by atoms with E-state index in [1.165, 1.54) is 5.32 Å². The number of nitrogens with one attached hydrogen (secondary N) is 3. The second kappa shape index (κ2) is 4.70. The lowest BCUT2D eigenvalue weighted by atomic mass is 10.3. The molecule has 0 bridgehead atoms. The Morgan fingerprint density at radius 1 is 1.00 bits per heavy atom. The van der Waals surface area contributed by atoms with E-state index in [0.717, 1.165) is 0 Å². The third-order valence-electron chi connectivity index (χ3n) is 1.78. The van der Waals surface area contributed by atoms with Crippen LogP contribution in [0.4, 0.5) is 35.5 Å². The summed E-state index contributed by atoms with van der Waals surface area (Å²) in [5.41, 5.74) is 3.14. The van der Waals surface area contributed by atoms with E-state index in [9.17, 15) is 40.3 Å². The quantitative estimate of drug-likeness (QED) is 0.684. The summed E-state index contributed by atoms with van der Waals surface area (Å²) in [5, 5.41) is -6.41. The fourth-order valence-corrected chi connectivity index (χ4v) is 1.72. The van der Waals surface area contributed by atoms with Crippen LogP contribution in [0.2, 0.25) is 0 Å². The smallest absolute Gasteiger partial charge is 0.275 e. The number of carbonyl (C=O) groups is 2. The van der Waals surface area contributed by atoms with Crippen molar-refractivity contribution < 1.29 is 40.3 Å². The molecule has 0 aromatic carbocycles. The molecule has 1 unspecified atom stereocenters. The van der Waals surface area contributed by atoms with Crippen molar-refractivity contribution >= 4 is 23.7 Å². The number of hydrogen-bond acceptors (Lipinski definition) is 4. The van der Waals surface area contributed by atoms with E-state index in [-0.39, 0.29) is 0 Å². The van der Waals surface area contributed by atoms with E-state index in [1.54, 1.807) is 10.9 Å². The zero-order chi connectivity index (χ0) is 15.1. The van der Waals surface area contributed by atoms with Gasteiger partial charge in [-0.1, -0.05) is 11.8 Å². The molecule has 19 heavy (non-hydrogen) atoms. The Hall–Kier alpha value is -1.24. The summed E-state index contributed by atoms with van der Waals surface area (Å²) in [5.74, 6) is -7.82. The molecule has 1 rings (SSSR count). The second-order valence-corrected chi connectivity index (χ2v) is 4.39. The van der Waals surface area contributed by atoms with Crippen LogP contribution in [-0.2, 0) is 4.79 Å². The van der Waals surface area contributed by atoms with Gasteiger partial charge in [-0.05, 0) is 0 Å². The van der Waals surface area contributed by atoms with E-state index in [1.807, 2.05) is 0 Å². The van der Waals surface area contributed by atoms with Crippen molar-refractivity contribution in [1.82, 2.24) is 16.2 Å². The highest BCUT2D eigenvalue weighted by molar-refractivity contribution is 8.01. The Bertz CT molecular complexity index is 399. The number of imide groups is 1. The molecule has 1 aliphatic rings. The molecular formula is C6H4F7N3O2S. The van der Waals surface area contributed by atoms with Crippen molar-refractivity contribution in [3.8, 4) is 0 Å². The molecule has 3 amide bonds. The Labute approximate surface area is 104 Å². The molecule has 1 heterocycles. The summed E-state index contributed by atoms with van der Waals surface area (Å²) in [6.45, 7) is 0. The van der Waals surface area contributed by atoms with Crippen molar-refractivity contribution in [3.63, 3.8) is 0 Å². The molecule has 0 saturated carbocycles. The SMILES string of the molecule is O=C1NNC(SC(F)(F)C(F)(F)C(F)(F)F)C(=O)N1. The number of carbonyl (C=O) groups excluding carboxylic acids is 2. The Morgan fingerprint density at radius 2 is 1.53 bits per heavy atom. The molecule has 5 nitrogen and oxygen atoms in total. The molecule has 0 aromatic rings. The van der Waals surface area contributed by atoms with Gasteiger partial charge in [-0.15, -0.1) is 0 Å². The van der Waals surface area contributed by atoms with Gasteiger partial charge in [0.1, 0.15) is 0 Å². The topological polar surface area (TPSA) is 70.2 Å². The number of hydrogen-bond donors (Lipinski definition) is 3. The first-order chi connectivity index (χ1) is 8.38. The van der Waals surface area contributed by atoms with Gasteiger partial charge in [0.25, 0.3) is 5.91 Å². The largest absolute Gasteiger partial charge is 0.460 e. The van der Waals surface area contributed by atoms with Crippen LogP contribution in [0.25, 0.3) is 0 Å². The van der Waals surface area contributed by atoms with Crippen molar-refractivity contribution in [3.05, 3.63) is 0 Å². The van der Waals surface area contributed by atoms with Crippen LogP contribution in [0, 0.1) is 0 Å². The van der Waals surface area contributed by atoms with E-state index in [4.69, 9.17) is 0 Å². The number of alkyl halides is 7. The highest BCUT2D eigenvalue weighted by Crippen LogP contribution is 2.52. The third kappa shape index (κ3) is 3.02. The molecule has 3 N–H and O–H groups in total. The van der Waals surface area contributed by atoms with Gasteiger partial charge >= 0.3 is 23.4 Å². The Kier molecular flexibility index (Phi) is 3.91. The average molecular weight is 315 g/mol. The molecule has 1 atom stereocenters. The lowest BCUT2D eigenvalue weighted by Crippen LogP contribution is -2.63. The minimum Gasteiger partial charge on any atom is -0.275 e. The molecule has 0 aromatic heterocycles. The Morgan fingerprint density at radius 3 is 1.95 bits per heavy atom. The number of hydrazine groups is 1. The molecular weight excluding hydrogens is 311 g/mol. The van der Waals surface area contributed by atoms with Crippen LogP contribution in [-0.4, -0.2) is 34.7 Å². The maximum absolute atomic E-state index is 12.9. The standard InChI is InChI=1S/C6H4F7N3O2S/c7-4(8,5(9,10)11)6(12,13)19-2-1(17)14-3(18)16-15-2/h2,15H,(H2,14,16,17,18). The van der Waals surface area contributed by atoms with Crippen molar-refractivity contribution in [2.75, 3.05) is 0 Å². The summed E-state index contributed by atoms with van der Waals surface area (Å²) in [4.78, 5) is 21.5. The molecule has 110 valence electrons. The van der Waals surface area contributed by atoms with Crippen molar-refractivity contribution in [1.29, 1.82) is 0 Å². The van der Waals surface area contributed by atoms with E-state index < -0.39 is 46.4 Å². The summed E-state index contributed by atoms with van der Waals surface area (Å²) >= 11 is -1.27. The predicted octanol–water partition coefficient (Wildman–Crippen LogP) is 1.18. The Balaban J connectivity index is 2.85. The number of amides is 3. The molecule has 1 saturated heterocycles. The first-order valence-corrected chi connectivity index (χ1v) is 5.13. The molecule has 1 fully saturated rings. The number of thioether (sulfide) groups is 1. The van der Waals surface area contributed by atoms with Gasteiger partial charge in [0, 0.05) is 0 Å². The lowest BCUT2D eigenvalue weighted by molar-refractivity contribution is -0.330. The van der Waals surface area contributed by atoms with Gasteiger partial charge in [-0.2, -0.15) is 30.7 Å². The van der Waals surface area contributed by atoms with Crippen LogP contribution in [0.15, 0.2) is 0 Å². The van der Waals surface area contributed by atoms with Gasteiger partial charge in [0.2, 0.25) is 0 Å². The van der Waals surface area contributed by atoms with E-state index in [0.29, 0.717) is 0 Å². The predicted molar refractivity (Wildman–Crippen MR) is 47.1 cm³/mol. The molecule has 0 aliphatic carbocycles. The van der Waals surface area contributed by atoms with Crippen LogP contribution in [0.3, 0.4) is 0 Å². The van der Waals surface area contributed by atoms with Crippen molar-refractivity contribution in [2.24, 2.45) is 0 Å². The summed E-state index contributed by atoms with van der Waals surface area (Å²) < 4.78 is 86.3. The van der Waals surface area contributed by atoms with Crippen LogP contribution in [0.5, 0.6) is 0 Å². The van der Waals surface area contributed by atoms with Gasteiger partial charge in [0.05, 0.1) is 0 Å². The van der Waals surface area contributed by atoms with Crippen LogP contribution < -0.4 is 16.2 Å². The maximum Gasteiger partial charge on any atom is 0.460 e. The van der Waals surface area contributed by atoms with E-state index in [2.05, 4.69) is 0 Å². The highest BCUT2D eigenvalue weighted by Gasteiger charge is 2.74. The molecule has 0 radical (unpaired) electrons.